The molecule has 0 aliphatic heterocycles. The summed E-state index contributed by atoms with van der Waals surface area (Å²) in [6.45, 7) is 0.482. The summed E-state index contributed by atoms with van der Waals surface area (Å²) < 4.78 is 0. The van der Waals surface area contributed by atoms with E-state index in [1.54, 1.807) is 6.07 Å². The first kappa shape index (κ1) is 11.4. The number of fused-ring (bicyclic) bond motifs is 1. The number of aromatic nitrogens is 2. The summed E-state index contributed by atoms with van der Waals surface area (Å²) in [5, 5.41) is 3.51. The van der Waals surface area contributed by atoms with E-state index in [9.17, 15) is 9.59 Å². The maximum Gasteiger partial charge on any atom is 0.259 e. The van der Waals surface area contributed by atoms with E-state index in [4.69, 9.17) is 0 Å². The van der Waals surface area contributed by atoms with Crippen molar-refractivity contribution in [1.82, 2.24) is 15.3 Å². The van der Waals surface area contributed by atoms with E-state index in [1.165, 1.54) is 17.7 Å². The Balaban J connectivity index is 1.73. The number of amides is 1. The maximum absolute atomic E-state index is 11.7. The van der Waals surface area contributed by atoms with Crippen molar-refractivity contribution in [3.63, 3.8) is 0 Å². The first-order chi connectivity index (χ1) is 8.74. The highest BCUT2D eigenvalue weighted by Gasteiger charge is 2.24. The summed E-state index contributed by atoms with van der Waals surface area (Å²) in [5.41, 5.74) is -0.132. The number of hydrogen-bond donors (Lipinski definition) is 2. The number of nitrogens with zero attached hydrogens (tertiary/aromatic N) is 1. The molecule has 1 fully saturated rings. The molecule has 0 saturated heterocycles. The topological polar surface area (TPSA) is 74.8 Å². The van der Waals surface area contributed by atoms with E-state index >= 15 is 0 Å². The van der Waals surface area contributed by atoms with Crippen molar-refractivity contribution < 1.29 is 4.79 Å². The van der Waals surface area contributed by atoms with Crippen molar-refractivity contribution in [2.45, 2.75) is 25.8 Å². The van der Waals surface area contributed by atoms with Gasteiger partial charge in [-0.3, -0.25) is 9.59 Å². The van der Waals surface area contributed by atoms with Gasteiger partial charge in [0.2, 0.25) is 5.91 Å². The van der Waals surface area contributed by atoms with E-state index < -0.39 is 0 Å². The zero-order chi connectivity index (χ0) is 12.5. The lowest BCUT2D eigenvalue weighted by atomic mass is 9.85. The molecule has 0 radical (unpaired) electrons. The molecule has 2 aromatic heterocycles. The monoisotopic (exact) mass is 263 g/mol. The molecule has 2 heterocycles. The van der Waals surface area contributed by atoms with Gasteiger partial charge in [0, 0.05) is 10.8 Å². The molecular weight excluding hydrogens is 250 g/mol. The average molecular weight is 263 g/mol. The van der Waals surface area contributed by atoms with Crippen molar-refractivity contribution in [3.05, 3.63) is 27.6 Å². The van der Waals surface area contributed by atoms with Crippen LogP contribution in [0.3, 0.4) is 0 Å². The van der Waals surface area contributed by atoms with E-state index in [1.807, 2.05) is 0 Å². The van der Waals surface area contributed by atoms with Gasteiger partial charge in [0.1, 0.15) is 4.83 Å². The summed E-state index contributed by atoms with van der Waals surface area (Å²) >= 11 is 1.44. The van der Waals surface area contributed by atoms with E-state index in [0.717, 1.165) is 24.1 Å². The Morgan fingerprint density at radius 2 is 2.39 bits per heavy atom. The predicted octanol–water partition coefficient (Wildman–Crippen LogP) is 1.40. The molecular formula is C12H13N3O2S. The molecule has 3 rings (SSSR count). The van der Waals surface area contributed by atoms with Crippen LogP contribution in [0.4, 0.5) is 0 Å². The van der Waals surface area contributed by atoms with Crippen LogP contribution in [0.1, 0.15) is 24.1 Å². The van der Waals surface area contributed by atoms with Gasteiger partial charge in [-0.2, -0.15) is 0 Å². The molecule has 1 aliphatic carbocycles. The molecule has 0 unspecified atom stereocenters. The number of hydrogen-bond acceptors (Lipinski definition) is 4. The van der Waals surface area contributed by atoms with Crippen LogP contribution in [0.15, 0.2) is 17.2 Å². The minimum absolute atomic E-state index is 0.126. The fourth-order valence-electron chi connectivity index (χ4n) is 1.99. The molecule has 6 heteroatoms. The van der Waals surface area contributed by atoms with Gasteiger partial charge >= 0.3 is 0 Å². The fourth-order valence-corrected chi connectivity index (χ4v) is 2.93. The minimum atomic E-state index is -0.132. The van der Waals surface area contributed by atoms with Crippen molar-refractivity contribution in [2.75, 3.05) is 0 Å². The lowest BCUT2D eigenvalue weighted by molar-refractivity contribution is -0.127. The average Bonchev–Trinajstić information content (AvgIpc) is 2.68. The highest BCUT2D eigenvalue weighted by Crippen LogP contribution is 2.26. The Labute approximate surface area is 107 Å². The van der Waals surface area contributed by atoms with Gasteiger partial charge in [-0.25, -0.2) is 4.98 Å². The molecule has 2 aromatic rings. The van der Waals surface area contributed by atoms with Crippen LogP contribution in [0.5, 0.6) is 0 Å². The molecule has 94 valence electrons. The lowest BCUT2D eigenvalue weighted by Gasteiger charge is -2.23. The molecule has 18 heavy (non-hydrogen) atoms. The van der Waals surface area contributed by atoms with Crippen LogP contribution in [-0.2, 0) is 11.3 Å². The number of nitrogens with one attached hydrogen (secondary N) is 2. The van der Waals surface area contributed by atoms with Crippen LogP contribution in [0, 0.1) is 5.92 Å². The Kier molecular flexibility index (Phi) is 2.87. The highest BCUT2D eigenvalue weighted by atomic mass is 32.1. The second-order valence-corrected chi connectivity index (χ2v) is 5.62. The number of aromatic amines is 1. The number of carbonyl (C=O) groups is 1. The van der Waals surface area contributed by atoms with Crippen LogP contribution in [-0.4, -0.2) is 15.9 Å². The summed E-state index contributed by atoms with van der Waals surface area (Å²) in [4.78, 5) is 31.5. The molecule has 2 N–H and O–H groups in total. The summed E-state index contributed by atoms with van der Waals surface area (Å²) in [6.07, 6.45) is 4.55. The predicted molar refractivity (Wildman–Crippen MR) is 69.4 cm³/mol. The van der Waals surface area contributed by atoms with Gasteiger partial charge in [0.15, 0.2) is 0 Å². The quantitative estimate of drug-likeness (QED) is 0.879. The first-order valence-electron chi connectivity index (χ1n) is 5.98. The van der Waals surface area contributed by atoms with Gasteiger partial charge in [-0.15, -0.1) is 11.3 Å². The standard InChI is InChI=1S/C12H13N3O2S/c16-10(7-2-1-3-7)13-5-8-4-9-11(17)14-6-15-12(9)18-8/h4,6-7H,1-3,5H2,(H,13,16)(H,14,15,17). The van der Waals surface area contributed by atoms with Crippen LogP contribution in [0.25, 0.3) is 10.2 Å². The van der Waals surface area contributed by atoms with Crippen LogP contribution in [0.2, 0.25) is 0 Å². The van der Waals surface area contributed by atoms with Crippen molar-refractivity contribution in [1.29, 1.82) is 0 Å². The van der Waals surface area contributed by atoms with Crippen molar-refractivity contribution in [2.24, 2.45) is 5.92 Å². The molecule has 0 spiro atoms. The van der Waals surface area contributed by atoms with Gasteiger partial charge < -0.3 is 10.3 Å². The zero-order valence-corrected chi connectivity index (χ0v) is 10.5. The van der Waals surface area contributed by atoms with Gasteiger partial charge in [0.25, 0.3) is 5.56 Å². The third-order valence-electron chi connectivity index (χ3n) is 3.30. The molecule has 0 bridgehead atoms. The Morgan fingerprint density at radius 3 is 3.06 bits per heavy atom. The summed E-state index contributed by atoms with van der Waals surface area (Å²) in [5.74, 6) is 0.321. The minimum Gasteiger partial charge on any atom is -0.351 e. The molecule has 0 aromatic carbocycles. The first-order valence-corrected chi connectivity index (χ1v) is 6.79. The Hall–Kier alpha value is -1.69. The second-order valence-electron chi connectivity index (χ2n) is 4.51. The molecule has 1 saturated carbocycles. The van der Waals surface area contributed by atoms with Gasteiger partial charge in [-0.05, 0) is 18.9 Å². The lowest BCUT2D eigenvalue weighted by Crippen LogP contribution is -2.33. The number of H-pyrrole nitrogens is 1. The Morgan fingerprint density at radius 1 is 1.56 bits per heavy atom. The van der Waals surface area contributed by atoms with Crippen molar-refractivity contribution >= 4 is 27.5 Å². The van der Waals surface area contributed by atoms with Gasteiger partial charge in [-0.1, -0.05) is 6.42 Å². The number of rotatable bonds is 3. The molecule has 5 nitrogen and oxygen atoms in total. The summed E-state index contributed by atoms with van der Waals surface area (Å²) in [6, 6.07) is 1.80. The third-order valence-corrected chi connectivity index (χ3v) is 4.34. The highest BCUT2D eigenvalue weighted by molar-refractivity contribution is 7.18. The number of carbonyl (C=O) groups excluding carboxylic acids is 1. The fraction of sp³-hybridized carbons (Fsp3) is 0.417. The molecule has 1 aliphatic rings. The third kappa shape index (κ3) is 2.03. The normalized spacial score (nSPS) is 15.6. The maximum atomic E-state index is 11.7. The summed E-state index contributed by atoms with van der Waals surface area (Å²) in [7, 11) is 0. The Bertz CT molecular complexity index is 642. The zero-order valence-electron chi connectivity index (χ0n) is 9.73. The smallest absolute Gasteiger partial charge is 0.259 e. The molecule has 1 amide bonds. The number of thiophene rings is 1. The largest absolute Gasteiger partial charge is 0.351 e. The van der Waals surface area contributed by atoms with E-state index in [0.29, 0.717) is 16.8 Å². The van der Waals surface area contributed by atoms with Gasteiger partial charge in [0.05, 0.1) is 18.3 Å². The second kappa shape index (κ2) is 4.53. The molecule has 0 atom stereocenters. The van der Waals surface area contributed by atoms with Crippen LogP contribution >= 0.6 is 11.3 Å². The van der Waals surface area contributed by atoms with E-state index in [2.05, 4.69) is 15.3 Å². The SMILES string of the molecule is O=C(NCc1cc2c(=O)[nH]cnc2s1)C1CCC1. The van der Waals surface area contributed by atoms with Crippen LogP contribution < -0.4 is 10.9 Å². The van der Waals surface area contributed by atoms with Crippen molar-refractivity contribution in [3.8, 4) is 0 Å². The van der Waals surface area contributed by atoms with E-state index in [-0.39, 0.29) is 17.4 Å².